The summed E-state index contributed by atoms with van der Waals surface area (Å²) >= 11 is 0. The summed E-state index contributed by atoms with van der Waals surface area (Å²) < 4.78 is 36.2. The van der Waals surface area contributed by atoms with E-state index in [9.17, 15) is 8.42 Å². The third-order valence-corrected chi connectivity index (χ3v) is 5.42. The third kappa shape index (κ3) is 3.15. The monoisotopic (exact) mass is 289 g/mol. The standard InChI is InChI=1S/C12H24BNO4S/c1-9(10(2)14(7)19(8,15)16)13-17-11(3,4)12(5,6)18-13/h1-8H3. The molecule has 1 aliphatic heterocycles. The second-order valence-electron chi connectivity index (χ2n) is 6.09. The molecule has 0 spiro atoms. The van der Waals surface area contributed by atoms with Crippen LogP contribution in [-0.2, 0) is 19.3 Å². The van der Waals surface area contributed by atoms with Gasteiger partial charge in [0.2, 0.25) is 10.0 Å². The maximum absolute atomic E-state index is 11.6. The van der Waals surface area contributed by atoms with Gasteiger partial charge in [0, 0.05) is 12.7 Å². The van der Waals surface area contributed by atoms with Crippen molar-refractivity contribution in [1.29, 1.82) is 0 Å². The molecular weight excluding hydrogens is 265 g/mol. The van der Waals surface area contributed by atoms with Crippen molar-refractivity contribution in [3.05, 3.63) is 11.2 Å². The molecule has 0 saturated carbocycles. The molecule has 1 saturated heterocycles. The second-order valence-corrected chi connectivity index (χ2v) is 8.10. The molecule has 7 heteroatoms. The van der Waals surface area contributed by atoms with Gasteiger partial charge in [-0.3, -0.25) is 4.31 Å². The van der Waals surface area contributed by atoms with Gasteiger partial charge in [0.05, 0.1) is 17.5 Å². The largest absolute Gasteiger partial charge is 0.492 e. The molecule has 0 aromatic rings. The van der Waals surface area contributed by atoms with Crippen LogP contribution in [0.1, 0.15) is 41.5 Å². The Morgan fingerprint density at radius 3 is 1.74 bits per heavy atom. The van der Waals surface area contributed by atoms with E-state index in [-0.39, 0.29) is 0 Å². The van der Waals surface area contributed by atoms with Crippen LogP contribution in [0, 0.1) is 0 Å². The highest BCUT2D eigenvalue weighted by atomic mass is 32.2. The number of hydrogen-bond donors (Lipinski definition) is 0. The number of sulfonamides is 1. The summed E-state index contributed by atoms with van der Waals surface area (Å²) in [5, 5.41) is 0. The Kier molecular flexibility index (Phi) is 4.17. The smallest absolute Gasteiger partial charge is 0.400 e. The van der Waals surface area contributed by atoms with Crippen molar-refractivity contribution in [2.75, 3.05) is 13.3 Å². The number of allylic oxidation sites excluding steroid dienone is 2. The summed E-state index contributed by atoms with van der Waals surface area (Å²) in [5.74, 6) is 0. The molecule has 0 aliphatic carbocycles. The van der Waals surface area contributed by atoms with Gasteiger partial charge in [-0.25, -0.2) is 8.42 Å². The van der Waals surface area contributed by atoms with Gasteiger partial charge in [-0.2, -0.15) is 0 Å². The van der Waals surface area contributed by atoms with Gasteiger partial charge in [-0.05, 0) is 47.0 Å². The molecule has 0 aromatic heterocycles. The van der Waals surface area contributed by atoms with E-state index < -0.39 is 28.3 Å². The van der Waals surface area contributed by atoms with Crippen molar-refractivity contribution in [1.82, 2.24) is 4.31 Å². The first kappa shape index (κ1) is 16.5. The van der Waals surface area contributed by atoms with Crippen LogP contribution < -0.4 is 0 Å². The summed E-state index contributed by atoms with van der Waals surface area (Å²) in [4.78, 5) is 0. The molecule has 0 bridgehead atoms. The van der Waals surface area contributed by atoms with Gasteiger partial charge >= 0.3 is 7.12 Å². The topological polar surface area (TPSA) is 55.8 Å². The summed E-state index contributed by atoms with van der Waals surface area (Å²) in [5.41, 5.74) is 0.540. The van der Waals surface area contributed by atoms with E-state index in [0.717, 1.165) is 5.47 Å². The van der Waals surface area contributed by atoms with Crippen LogP contribution in [-0.4, -0.2) is 44.3 Å². The first-order chi connectivity index (χ1) is 8.29. The van der Waals surface area contributed by atoms with E-state index in [1.54, 1.807) is 6.92 Å². The minimum Gasteiger partial charge on any atom is -0.400 e. The summed E-state index contributed by atoms with van der Waals surface area (Å²) in [6.45, 7) is 11.5. The molecule has 1 fully saturated rings. The minimum atomic E-state index is -3.27. The van der Waals surface area contributed by atoms with Crippen molar-refractivity contribution in [2.24, 2.45) is 0 Å². The van der Waals surface area contributed by atoms with E-state index in [1.807, 2.05) is 34.6 Å². The molecule has 0 N–H and O–H groups in total. The fourth-order valence-corrected chi connectivity index (χ4v) is 2.33. The van der Waals surface area contributed by atoms with E-state index in [0.29, 0.717) is 5.70 Å². The zero-order valence-electron chi connectivity index (χ0n) is 13.1. The van der Waals surface area contributed by atoms with Gasteiger partial charge in [-0.1, -0.05) is 0 Å². The van der Waals surface area contributed by atoms with E-state index in [2.05, 4.69) is 0 Å². The van der Waals surface area contributed by atoms with Gasteiger partial charge in [-0.15, -0.1) is 0 Å². The predicted octanol–water partition coefficient (Wildman–Crippen LogP) is 1.80. The number of rotatable bonds is 3. The van der Waals surface area contributed by atoms with Crippen molar-refractivity contribution in [2.45, 2.75) is 52.7 Å². The first-order valence-electron chi connectivity index (χ1n) is 6.26. The Morgan fingerprint density at radius 2 is 1.42 bits per heavy atom. The van der Waals surface area contributed by atoms with Gasteiger partial charge in [0.25, 0.3) is 0 Å². The molecule has 0 radical (unpaired) electrons. The summed E-state index contributed by atoms with van der Waals surface area (Å²) in [6.07, 6.45) is 1.17. The number of nitrogens with zero attached hydrogens (tertiary/aromatic N) is 1. The molecule has 5 nitrogen and oxygen atoms in total. The normalized spacial score (nSPS) is 23.3. The van der Waals surface area contributed by atoms with Crippen LogP contribution in [0.5, 0.6) is 0 Å². The Labute approximate surface area is 117 Å². The molecule has 1 heterocycles. The van der Waals surface area contributed by atoms with Crippen molar-refractivity contribution in [3.63, 3.8) is 0 Å². The molecule has 0 aromatic carbocycles. The molecule has 0 atom stereocenters. The second kappa shape index (κ2) is 4.79. The van der Waals surface area contributed by atoms with Gasteiger partial charge in [0.15, 0.2) is 0 Å². The molecule has 1 rings (SSSR count). The van der Waals surface area contributed by atoms with Crippen molar-refractivity contribution < 1.29 is 17.7 Å². The Morgan fingerprint density at radius 1 is 1.05 bits per heavy atom. The molecule has 0 unspecified atom stereocenters. The van der Waals surface area contributed by atoms with Gasteiger partial charge in [0.1, 0.15) is 0 Å². The average molecular weight is 289 g/mol. The summed E-state index contributed by atoms with van der Waals surface area (Å²) in [6, 6.07) is 0. The molecule has 110 valence electrons. The zero-order chi connectivity index (χ0) is 15.2. The fourth-order valence-electron chi connectivity index (χ4n) is 1.69. The van der Waals surface area contributed by atoms with E-state index in [1.165, 1.54) is 17.6 Å². The Bertz CT molecular complexity index is 480. The lowest BCUT2D eigenvalue weighted by Crippen LogP contribution is -2.41. The van der Waals surface area contributed by atoms with Crippen LogP contribution in [0.4, 0.5) is 0 Å². The molecular formula is C12H24BNO4S. The Hall–Kier alpha value is -0.525. The number of hydrogen-bond acceptors (Lipinski definition) is 4. The Balaban J connectivity index is 3.06. The van der Waals surface area contributed by atoms with Crippen LogP contribution in [0.25, 0.3) is 0 Å². The average Bonchev–Trinajstić information content (AvgIpc) is 2.43. The highest BCUT2D eigenvalue weighted by molar-refractivity contribution is 7.88. The lowest BCUT2D eigenvalue weighted by molar-refractivity contribution is 0.00578. The van der Waals surface area contributed by atoms with Gasteiger partial charge < -0.3 is 9.31 Å². The zero-order valence-corrected chi connectivity index (χ0v) is 13.9. The van der Waals surface area contributed by atoms with Crippen LogP contribution in [0.3, 0.4) is 0 Å². The molecule has 0 amide bonds. The minimum absolute atomic E-state index is 0.428. The van der Waals surface area contributed by atoms with Crippen LogP contribution >= 0.6 is 0 Å². The lowest BCUT2D eigenvalue weighted by Gasteiger charge is -2.32. The fraction of sp³-hybridized carbons (Fsp3) is 0.833. The maximum Gasteiger partial charge on any atom is 0.492 e. The predicted molar refractivity (Wildman–Crippen MR) is 77.1 cm³/mol. The van der Waals surface area contributed by atoms with E-state index >= 15 is 0 Å². The SMILES string of the molecule is CC(B1OC(C)(C)C(C)(C)O1)=C(C)N(C)S(C)(=O)=O. The van der Waals surface area contributed by atoms with Crippen LogP contribution in [0.2, 0.25) is 0 Å². The van der Waals surface area contributed by atoms with Crippen LogP contribution in [0.15, 0.2) is 11.2 Å². The summed E-state index contributed by atoms with van der Waals surface area (Å²) in [7, 11) is -2.26. The van der Waals surface area contributed by atoms with E-state index in [4.69, 9.17) is 9.31 Å². The highest BCUT2D eigenvalue weighted by Gasteiger charge is 2.52. The molecule has 1 aliphatic rings. The lowest BCUT2D eigenvalue weighted by atomic mass is 9.78. The highest BCUT2D eigenvalue weighted by Crippen LogP contribution is 2.39. The maximum atomic E-state index is 11.6. The van der Waals surface area contributed by atoms with Crippen molar-refractivity contribution in [3.8, 4) is 0 Å². The van der Waals surface area contributed by atoms with Crippen molar-refractivity contribution >= 4 is 17.1 Å². The molecule has 19 heavy (non-hydrogen) atoms. The quantitative estimate of drug-likeness (QED) is 0.743. The first-order valence-corrected chi connectivity index (χ1v) is 8.11. The third-order valence-electron chi connectivity index (χ3n) is 4.15.